The number of carboxylic acids is 1. The summed E-state index contributed by atoms with van der Waals surface area (Å²) in [5.41, 5.74) is 3.72. The minimum atomic E-state index is -0.900. The summed E-state index contributed by atoms with van der Waals surface area (Å²) in [5, 5.41) is 9.02. The Morgan fingerprint density at radius 1 is 0.963 bits per heavy atom. The van der Waals surface area contributed by atoms with E-state index in [9.17, 15) is 4.79 Å². The quantitative estimate of drug-likeness (QED) is 0.474. The maximum Gasteiger partial charge on any atom is 0.335 e. The predicted molar refractivity (Wildman–Crippen MR) is 113 cm³/mol. The van der Waals surface area contributed by atoms with E-state index in [0.717, 1.165) is 29.9 Å². The topological polar surface area (TPSA) is 37.3 Å². The van der Waals surface area contributed by atoms with Crippen molar-refractivity contribution in [2.45, 2.75) is 58.3 Å². The average molecular weight is 363 g/mol. The number of benzene rings is 2. The monoisotopic (exact) mass is 362 g/mol. The molecule has 0 saturated carbocycles. The number of rotatable bonds is 10. The Morgan fingerprint density at radius 3 is 2.04 bits per heavy atom. The smallest absolute Gasteiger partial charge is 0.335 e. The fourth-order valence-corrected chi connectivity index (χ4v) is 3.68. The van der Waals surface area contributed by atoms with Crippen molar-refractivity contribution >= 4 is 5.97 Å². The van der Waals surface area contributed by atoms with Crippen LogP contribution in [0.25, 0.3) is 11.1 Å². The molecule has 0 saturated heterocycles. The minimum Gasteiger partial charge on any atom is -0.478 e. The van der Waals surface area contributed by atoms with Crippen molar-refractivity contribution in [3.8, 4) is 23.5 Å². The number of aromatic carboxylic acids is 1. The van der Waals surface area contributed by atoms with Crippen molar-refractivity contribution in [1.82, 2.24) is 0 Å². The normalized spacial score (nSPS) is 12.9. The van der Waals surface area contributed by atoms with Crippen LogP contribution in [0.4, 0.5) is 0 Å². The SMILES string of the molecule is C#CCC(CCC(CC)CCC)c1ccc(-c2ccc(C(=O)O)cc2)cc1. The molecule has 0 spiro atoms. The molecular weight excluding hydrogens is 332 g/mol. The molecule has 27 heavy (non-hydrogen) atoms. The third-order valence-corrected chi connectivity index (χ3v) is 5.41. The Labute approximate surface area is 163 Å². The van der Waals surface area contributed by atoms with E-state index in [2.05, 4.69) is 44.0 Å². The second-order valence-electron chi connectivity index (χ2n) is 7.25. The van der Waals surface area contributed by atoms with Gasteiger partial charge in [-0.1, -0.05) is 69.5 Å². The predicted octanol–water partition coefficient (Wildman–Crippen LogP) is 6.77. The molecule has 2 atom stereocenters. The molecule has 2 aromatic rings. The van der Waals surface area contributed by atoms with Crippen LogP contribution in [-0.4, -0.2) is 11.1 Å². The summed E-state index contributed by atoms with van der Waals surface area (Å²) in [6.07, 6.45) is 12.5. The van der Waals surface area contributed by atoms with Gasteiger partial charge < -0.3 is 5.11 Å². The highest BCUT2D eigenvalue weighted by Gasteiger charge is 2.14. The lowest BCUT2D eigenvalue weighted by Crippen LogP contribution is -2.04. The van der Waals surface area contributed by atoms with Gasteiger partial charge in [-0.15, -0.1) is 12.3 Å². The first-order valence-electron chi connectivity index (χ1n) is 9.96. The highest BCUT2D eigenvalue weighted by Crippen LogP contribution is 2.30. The number of carbonyl (C=O) groups is 1. The largest absolute Gasteiger partial charge is 0.478 e. The van der Waals surface area contributed by atoms with E-state index < -0.39 is 5.97 Å². The van der Waals surface area contributed by atoms with Crippen LogP contribution in [0.2, 0.25) is 0 Å². The third-order valence-electron chi connectivity index (χ3n) is 5.41. The van der Waals surface area contributed by atoms with Gasteiger partial charge in [-0.25, -0.2) is 4.79 Å². The zero-order valence-corrected chi connectivity index (χ0v) is 16.4. The van der Waals surface area contributed by atoms with Gasteiger partial charge in [0.2, 0.25) is 0 Å². The Kier molecular flexibility index (Phi) is 8.14. The summed E-state index contributed by atoms with van der Waals surface area (Å²) < 4.78 is 0. The van der Waals surface area contributed by atoms with Crippen molar-refractivity contribution < 1.29 is 9.90 Å². The van der Waals surface area contributed by atoms with Gasteiger partial charge in [0.15, 0.2) is 0 Å². The van der Waals surface area contributed by atoms with Crippen LogP contribution in [-0.2, 0) is 0 Å². The first kappa shape index (κ1) is 20.8. The molecule has 0 fully saturated rings. The van der Waals surface area contributed by atoms with Crippen LogP contribution >= 0.6 is 0 Å². The third kappa shape index (κ3) is 6.00. The minimum absolute atomic E-state index is 0.307. The Hall–Kier alpha value is -2.53. The van der Waals surface area contributed by atoms with Crippen molar-refractivity contribution in [2.75, 3.05) is 0 Å². The highest BCUT2D eigenvalue weighted by atomic mass is 16.4. The van der Waals surface area contributed by atoms with Crippen molar-refractivity contribution in [2.24, 2.45) is 5.92 Å². The van der Waals surface area contributed by atoms with Crippen LogP contribution in [0, 0.1) is 18.3 Å². The van der Waals surface area contributed by atoms with E-state index in [-0.39, 0.29) is 0 Å². The summed E-state index contributed by atoms with van der Waals surface area (Å²) in [7, 11) is 0. The van der Waals surface area contributed by atoms with Crippen LogP contribution in [0.15, 0.2) is 48.5 Å². The number of hydrogen-bond acceptors (Lipinski definition) is 1. The van der Waals surface area contributed by atoms with E-state index in [1.807, 2.05) is 12.1 Å². The summed E-state index contributed by atoms with van der Waals surface area (Å²) in [6.45, 7) is 4.53. The van der Waals surface area contributed by atoms with Gasteiger partial charge >= 0.3 is 5.97 Å². The molecule has 0 amide bonds. The highest BCUT2D eigenvalue weighted by molar-refractivity contribution is 5.88. The van der Waals surface area contributed by atoms with E-state index in [0.29, 0.717) is 11.5 Å². The van der Waals surface area contributed by atoms with Gasteiger partial charge in [-0.3, -0.25) is 0 Å². The van der Waals surface area contributed by atoms with Crippen LogP contribution < -0.4 is 0 Å². The lowest BCUT2D eigenvalue weighted by Gasteiger charge is -2.19. The molecule has 1 N–H and O–H groups in total. The van der Waals surface area contributed by atoms with Crippen LogP contribution in [0.3, 0.4) is 0 Å². The van der Waals surface area contributed by atoms with Crippen LogP contribution in [0.1, 0.15) is 74.2 Å². The van der Waals surface area contributed by atoms with Gasteiger partial charge in [-0.2, -0.15) is 0 Å². The van der Waals surface area contributed by atoms with Crippen molar-refractivity contribution in [3.63, 3.8) is 0 Å². The molecule has 0 aliphatic heterocycles. The fraction of sp³-hybridized carbons (Fsp3) is 0.400. The molecule has 2 aromatic carbocycles. The first-order valence-corrected chi connectivity index (χ1v) is 9.96. The molecule has 0 heterocycles. The maximum absolute atomic E-state index is 11.0. The summed E-state index contributed by atoms with van der Waals surface area (Å²) in [4.78, 5) is 11.0. The van der Waals surface area contributed by atoms with Crippen LogP contribution in [0.5, 0.6) is 0 Å². The average Bonchev–Trinajstić information content (AvgIpc) is 2.70. The molecule has 0 aromatic heterocycles. The Bertz CT molecular complexity index is 750. The molecule has 2 nitrogen and oxygen atoms in total. The fourth-order valence-electron chi connectivity index (χ4n) is 3.68. The van der Waals surface area contributed by atoms with Gasteiger partial charge in [0, 0.05) is 6.42 Å². The van der Waals surface area contributed by atoms with Gasteiger partial charge in [0.05, 0.1) is 5.56 Å². The molecular formula is C25H30O2. The summed E-state index contributed by atoms with van der Waals surface area (Å²) in [6, 6.07) is 15.6. The van der Waals surface area contributed by atoms with Crippen molar-refractivity contribution in [1.29, 1.82) is 0 Å². The first-order chi connectivity index (χ1) is 13.1. The standard InChI is InChI=1S/C25H30O2/c1-4-7-19(6-3)9-10-20(8-5-2)21-11-13-22(14-12-21)23-15-17-24(18-16-23)25(26)27/h2,11-20H,4,6-10H2,1,3H3,(H,26,27). The Balaban J connectivity index is 2.10. The molecule has 0 bridgehead atoms. The Morgan fingerprint density at radius 2 is 1.56 bits per heavy atom. The molecule has 2 rings (SSSR count). The molecule has 0 aliphatic carbocycles. The van der Waals surface area contributed by atoms with Gasteiger partial charge in [-0.05, 0) is 53.5 Å². The summed E-state index contributed by atoms with van der Waals surface area (Å²) in [5.74, 6) is 3.15. The number of terminal acetylenes is 1. The zero-order chi connectivity index (χ0) is 19.6. The molecule has 0 aliphatic rings. The summed E-state index contributed by atoms with van der Waals surface area (Å²) >= 11 is 0. The second kappa shape index (κ2) is 10.6. The van der Waals surface area contributed by atoms with Crippen molar-refractivity contribution in [3.05, 3.63) is 59.7 Å². The maximum atomic E-state index is 11.0. The van der Waals surface area contributed by atoms with Gasteiger partial charge in [0.25, 0.3) is 0 Å². The molecule has 0 radical (unpaired) electrons. The molecule has 2 unspecified atom stereocenters. The van der Waals surface area contributed by atoms with E-state index in [1.165, 1.54) is 31.2 Å². The van der Waals surface area contributed by atoms with E-state index >= 15 is 0 Å². The number of hydrogen-bond donors (Lipinski definition) is 1. The lowest BCUT2D eigenvalue weighted by molar-refractivity contribution is 0.0697. The van der Waals surface area contributed by atoms with E-state index in [4.69, 9.17) is 11.5 Å². The molecule has 142 valence electrons. The zero-order valence-electron chi connectivity index (χ0n) is 16.4. The lowest BCUT2D eigenvalue weighted by atomic mass is 9.85. The molecule has 2 heteroatoms. The van der Waals surface area contributed by atoms with Gasteiger partial charge in [0.1, 0.15) is 0 Å². The van der Waals surface area contributed by atoms with E-state index in [1.54, 1.807) is 12.1 Å². The second-order valence-corrected chi connectivity index (χ2v) is 7.25. The number of carboxylic acid groups (broad SMARTS) is 1.